The number of hydrazine groups is 1. The van der Waals surface area contributed by atoms with Crippen molar-refractivity contribution in [2.24, 2.45) is 5.84 Å². The zero-order valence-electron chi connectivity index (χ0n) is 10.4. The van der Waals surface area contributed by atoms with E-state index in [9.17, 15) is 8.78 Å². The van der Waals surface area contributed by atoms with Gasteiger partial charge in [0.05, 0.1) is 0 Å². The average molecular weight is 282 g/mol. The van der Waals surface area contributed by atoms with Gasteiger partial charge >= 0.3 is 0 Å². The highest BCUT2D eigenvalue weighted by atomic mass is 32.1. The van der Waals surface area contributed by atoms with E-state index in [0.717, 1.165) is 18.9 Å². The summed E-state index contributed by atoms with van der Waals surface area (Å²) in [5.74, 6) is 4.40. The van der Waals surface area contributed by atoms with E-state index in [0.29, 0.717) is 12.0 Å². The van der Waals surface area contributed by atoms with E-state index < -0.39 is 11.6 Å². The van der Waals surface area contributed by atoms with E-state index in [4.69, 9.17) is 5.84 Å². The largest absolute Gasteiger partial charge is 0.271 e. The number of hydrogen-bond acceptors (Lipinski definition) is 3. The Bertz CT molecular complexity index is 494. The highest BCUT2D eigenvalue weighted by Crippen LogP contribution is 2.15. The molecule has 0 aliphatic heterocycles. The van der Waals surface area contributed by atoms with E-state index in [1.54, 1.807) is 11.3 Å². The monoisotopic (exact) mass is 282 g/mol. The van der Waals surface area contributed by atoms with Crippen molar-refractivity contribution in [1.82, 2.24) is 5.43 Å². The summed E-state index contributed by atoms with van der Waals surface area (Å²) in [6.45, 7) is 0. The van der Waals surface area contributed by atoms with Crippen molar-refractivity contribution >= 4 is 11.3 Å². The molecular weight excluding hydrogens is 266 g/mol. The van der Waals surface area contributed by atoms with Crippen molar-refractivity contribution in [1.29, 1.82) is 0 Å². The number of nitrogens with two attached hydrogens (primary N) is 1. The summed E-state index contributed by atoms with van der Waals surface area (Å²) in [5.41, 5.74) is 3.33. The quantitative estimate of drug-likeness (QED) is 0.631. The predicted molar refractivity (Wildman–Crippen MR) is 73.8 cm³/mol. The van der Waals surface area contributed by atoms with Crippen LogP contribution in [0.2, 0.25) is 0 Å². The molecule has 1 atom stereocenters. The summed E-state index contributed by atoms with van der Waals surface area (Å²) in [5, 5.41) is 2.03. The van der Waals surface area contributed by atoms with Gasteiger partial charge in [0.2, 0.25) is 0 Å². The number of aryl methyl sites for hydroxylation is 1. The Kier molecular flexibility index (Phi) is 5.01. The minimum Gasteiger partial charge on any atom is -0.271 e. The van der Waals surface area contributed by atoms with Crippen LogP contribution in [0.5, 0.6) is 0 Å². The van der Waals surface area contributed by atoms with Gasteiger partial charge in [-0.2, -0.15) is 0 Å². The lowest BCUT2D eigenvalue weighted by Gasteiger charge is -2.15. The van der Waals surface area contributed by atoms with Gasteiger partial charge in [0.25, 0.3) is 0 Å². The fourth-order valence-electron chi connectivity index (χ4n) is 2.03. The molecule has 0 spiro atoms. The number of rotatable bonds is 6. The number of benzene rings is 1. The molecule has 2 nitrogen and oxygen atoms in total. The normalized spacial score (nSPS) is 12.6. The molecule has 1 unspecified atom stereocenters. The third kappa shape index (κ3) is 4.38. The molecule has 0 amide bonds. The fourth-order valence-corrected chi connectivity index (χ4v) is 2.75. The van der Waals surface area contributed by atoms with Gasteiger partial charge in [0.15, 0.2) is 0 Å². The SMILES string of the molecule is NNC(CCc1cccs1)Cc1cc(F)cc(F)c1. The Labute approximate surface area is 115 Å². The van der Waals surface area contributed by atoms with Crippen molar-refractivity contribution in [2.75, 3.05) is 0 Å². The maximum atomic E-state index is 13.1. The van der Waals surface area contributed by atoms with Crippen molar-refractivity contribution in [3.05, 3.63) is 57.8 Å². The van der Waals surface area contributed by atoms with Crippen molar-refractivity contribution in [3.8, 4) is 0 Å². The average Bonchev–Trinajstić information content (AvgIpc) is 2.86. The van der Waals surface area contributed by atoms with Crippen LogP contribution in [-0.4, -0.2) is 6.04 Å². The Morgan fingerprint density at radius 2 is 1.95 bits per heavy atom. The summed E-state index contributed by atoms with van der Waals surface area (Å²) in [7, 11) is 0. The van der Waals surface area contributed by atoms with Crippen LogP contribution < -0.4 is 11.3 Å². The first-order valence-electron chi connectivity index (χ1n) is 6.11. The fraction of sp³-hybridized carbons (Fsp3) is 0.286. The first-order chi connectivity index (χ1) is 9.17. The molecule has 0 aliphatic carbocycles. The second-order valence-electron chi connectivity index (χ2n) is 4.46. The van der Waals surface area contributed by atoms with E-state index in [1.165, 1.54) is 17.0 Å². The van der Waals surface area contributed by atoms with E-state index in [-0.39, 0.29) is 6.04 Å². The molecule has 0 fully saturated rings. The smallest absolute Gasteiger partial charge is 0.126 e. The van der Waals surface area contributed by atoms with Gasteiger partial charge in [-0.1, -0.05) is 6.07 Å². The molecule has 102 valence electrons. The zero-order valence-corrected chi connectivity index (χ0v) is 11.2. The standard InChI is InChI=1S/C14H16F2N2S/c15-11-6-10(7-12(16)9-11)8-13(18-17)3-4-14-2-1-5-19-14/h1-2,5-7,9,13,18H,3-4,8,17H2. The summed E-state index contributed by atoms with van der Waals surface area (Å²) in [6.07, 6.45) is 2.25. The predicted octanol–water partition coefficient (Wildman–Crippen LogP) is 3.03. The molecule has 0 bridgehead atoms. The first kappa shape index (κ1) is 14.1. The zero-order chi connectivity index (χ0) is 13.7. The molecular formula is C14H16F2N2S. The second-order valence-corrected chi connectivity index (χ2v) is 5.50. The summed E-state index contributed by atoms with van der Waals surface area (Å²) < 4.78 is 26.2. The lowest BCUT2D eigenvalue weighted by molar-refractivity contribution is 0.489. The maximum absolute atomic E-state index is 13.1. The molecule has 5 heteroatoms. The third-order valence-corrected chi connectivity index (χ3v) is 3.90. The summed E-state index contributed by atoms with van der Waals surface area (Å²) in [6, 6.07) is 7.65. The minimum absolute atomic E-state index is 0.00306. The van der Waals surface area contributed by atoms with Crippen molar-refractivity contribution in [2.45, 2.75) is 25.3 Å². The second kappa shape index (κ2) is 6.75. The Morgan fingerprint density at radius 3 is 2.53 bits per heavy atom. The molecule has 1 aromatic carbocycles. The number of thiophene rings is 1. The highest BCUT2D eigenvalue weighted by Gasteiger charge is 2.10. The van der Waals surface area contributed by atoms with Crippen LogP contribution in [0.3, 0.4) is 0 Å². The van der Waals surface area contributed by atoms with Crippen molar-refractivity contribution < 1.29 is 8.78 Å². The molecule has 0 saturated carbocycles. The molecule has 0 saturated heterocycles. The van der Waals surface area contributed by atoms with Gasteiger partial charge in [-0.15, -0.1) is 11.3 Å². The van der Waals surface area contributed by atoms with E-state index in [2.05, 4.69) is 11.5 Å². The van der Waals surface area contributed by atoms with Gasteiger partial charge in [-0.3, -0.25) is 11.3 Å². The molecule has 1 heterocycles. The molecule has 3 N–H and O–H groups in total. The third-order valence-electron chi connectivity index (χ3n) is 2.96. The molecule has 2 rings (SSSR count). The molecule has 0 radical (unpaired) electrons. The topological polar surface area (TPSA) is 38.0 Å². The van der Waals surface area contributed by atoms with Crippen LogP contribution in [0.1, 0.15) is 16.9 Å². The van der Waals surface area contributed by atoms with Gasteiger partial charge in [-0.05, 0) is 48.4 Å². The summed E-state index contributed by atoms with van der Waals surface area (Å²) in [4.78, 5) is 1.28. The Balaban J connectivity index is 1.94. The molecule has 0 aliphatic rings. The first-order valence-corrected chi connectivity index (χ1v) is 6.99. The maximum Gasteiger partial charge on any atom is 0.126 e. The number of halogens is 2. The Hall–Kier alpha value is -1.30. The number of hydrogen-bond donors (Lipinski definition) is 2. The highest BCUT2D eigenvalue weighted by molar-refractivity contribution is 7.09. The van der Waals surface area contributed by atoms with Crippen LogP contribution in [-0.2, 0) is 12.8 Å². The van der Waals surface area contributed by atoms with Crippen LogP contribution in [0.4, 0.5) is 8.78 Å². The molecule has 2 aromatic rings. The van der Waals surface area contributed by atoms with E-state index in [1.807, 2.05) is 11.4 Å². The van der Waals surface area contributed by atoms with Crippen LogP contribution in [0, 0.1) is 11.6 Å². The minimum atomic E-state index is -0.552. The molecule has 1 aromatic heterocycles. The lowest BCUT2D eigenvalue weighted by atomic mass is 10.0. The lowest BCUT2D eigenvalue weighted by Crippen LogP contribution is -2.37. The van der Waals surface area contributed by atoms with Gasteiger partial charge in [0, 0.05) is 17.0 Å². The van der Waals surface area contributed by atoms with Gasteiger partial charge in [-0.25, -0.2) is 8.78 Å². The van der Waals surface area contributed by atoms with Crippen LogP contribution in [0.15, 0.2) is 35.7 Å². The van der Waals surface area contributed by atoms with E-state index >= 15 is 0 Å². The summed E-state index contributed by atoms with van der Waals surface area (Å²) >= 11 is 1.70. The molecule has 19 heavy (non-hydrogen) atoms. The van der Waals surface area contributed by atoms with Crippen LogP contribution in [0.25, 0.3) is 0 Å². The van der Waals surface area contributed by atoms with Gasteiger partial charge < -0.3 is 0 Å². The van der Waals surface area contributed by atoms with Crippen molar-refractivity contribution in [3.63, 3.8) is 0 Å². The number of nitrogens with one attached hydrogen (secondary N) is 1. The Morgan fingerprint density at radius 1 is 1.21 bits per heavy atom. The van der Waals surface area contributed by atoms with Gasteiger partial charge in [0.1, 0.15) is 11.6 Å². The van der Waals surface area contributed by atoms with Crippen LogP contribution >= 0.6 is 11.3 Å².